The Balaban J connectivity index is 2.23. The van der Waals surface area contributed by atoms with Gasteiger partial charge in [-0.3, -0.25) is 4.79 Å². The molecule has 0 aromatic rings. The Labute approximate surface area is 105 Å². The highest BCUT2D eigenvalue weighted by molar-refractivity contribution is 5.75. The third-order valence-corrected chi connectivity index (χ3v) is 3.25. The van der Waals surface area contributed by atoms with Crippen LogP contribution in [0.4, 0.5) is 0 Å². The Kier molecular flexibility index (Phi) is 6.52. The van der Waals surface area contributed by atoms with Gasteiger partial charge in [0, 0.05) is 6.04 Å². The van der Waals surface area contributed by atoms with Gasteiger partial charge in [0.05, 0.1) is 6.61 Å². The molecule has 0 aromatic carbocycles. The molecule has 1 aliphatic heterocycles. The molecule has 0 bridgehead atoms. The number of likely N-dealkylation sites (tertiary alicyclic amines) is 1. The minimum atomic E-state index is -0.183. The third kappa shape index (κ3) is 5.04. The second-order valence-corrected chi connectivity index (χ2v) is 4.76. The molecule has 0 aromatic heterocycles. The summed E-state index contributed by atoms with van der Waals surface area (Å²) >= 11 is 0. The molecular weight excluding hydrogens is 216 g/mol. The molecule has 4 nitrogen and oxygen atoms in total. The monoisotopic (exact) mass is 242 g/mol. The standard InChI is InChI=1S/C13H26N2O2/c1-4-8-15-9-6-12(7-10-15)14-11(3)13(16)17-5-2/h11-12,14H,4-10H2,1-3H3. The Morgan fingerprint density at radius 2 is 2.06 bits per heavy atom. The molecule has 1 aliphatic rings. The van der Waals surface area contributed by atoms with E-state index in [4.69, 9.17) is 4.74 Å². The maximum Gasteiger partial charge on any atom is 0.322 e. The number of nitrogens with one attached hydrogen (secondary N) is 1. The van der Waals surface area contributed by atoms with Gasteiger partial charge in [0.1, 0.15) is 6.04 Å². The number of ether oxygens (including phenoxy) is 1. The van der Waals surface area contributed by atoms with Gasteiger partial charge in [-0.25, -0.2) is 0 Å². The van der Waals surface area contributed by atoms with E-state index in [0.29, 0.717) is 12.6 Å². The normalized spacial score (nSPS) is 20.2. The van der Waals surface area contributed by atoms with Gasteiger partial charge in [-0.05, 0) is 52.7 Å². The van der Waals surface area contributed by atoms with E-state index in [9.17, 15) is 4.79 Å². The first-order valence-corrected chi connectivity index (χ1v) is 6.82. The first-order valence-electron chi connectivity index (χ1n) is 6.82. The number of hydrogen-bond acceptors (Lipinski definition) is 4. The van der Waals surface area contributed by atoms with E-state index < -0.39 is 0 Å². The van der Waals surface area contributed by atoms with Crippen LogP contribution in [0, 0.1) is 0 Å². The minimum absolute atomic E-state index is 0.136. The molecule has 4 heteroatoms. The number of carbonyl (C=O) groups excluding carboxylic acids is 1. The maximum absolute atomic E-state index is 11.5. The highest BCUT2D eigenvalue weighted by atomic mass is 16.5. The second-order valence-electron chi connectivity index (χ2n) is 4.76. The Morgan fingerprint density at radius 3 is 2.59 bits per heavy atom. The number of hydrogen-bond donors (Lipinski definition) is 1. The number of rotatable bonds is 6. The summed E-state index contributed by atoms with van der Waals surface area (Å²) in [5.74, 6) is -0.136. The van der Waals surface area contributed by atoms with Crippen molar-refractivity contribution in [3.63, 3.8) is 0 Å². The van der Waals surface area contributed by atoms with Gasteiger partial charge in [0.2, 0.25) is 0 Å². The smallest absolute Gasteiger partial charge is 0.322 e. The zero-order valence-corrected chi connectivity index (χ0v) is 11.4. The van der Waals surface area contributed by atoms with Crippen LogP contribution in [-0.2, 0) is 9.53 Å². The SMILES string of the molecule is CCCN1CCC(NC(C)C(=O)OCC)CC1. The molecule has 0 aliphatic carbocycles. The number of esters is 1. The van der Waals surface area contributed by atoms with E-state index in [1.807, 2.05) is 13.8 Å². The summed E-state index contributed by atoms with van der Waals surface area (Å²) in [6, 6.07) is 0.278. The van der Waals surface area contributed by atoms with Gasteiger partial charge in [0.25, 0.3) is 0 Å². The molecule has 1 rings (SSSR count). The first-order chi connectivity index (χ1) is 8.17. The molecule has 1 heterocycles. The summed E-state index contributed by atoms with van der Waals surface area (Å²) in [6.45, 7) is 9.87. The number of nitrogens with zero attached hydrogens (tertiary/aromatic N) is 1. The molecule has 0 spiro atoms. The molecule has 17 heavy (non-hydrogen) atoms. The number of piperidine rings is 1. The maximum atomic E-state index is 11.5. The van der Waals surface area contributed by atoms with E-state index in [-0.39, 0.29) is 12.0 Å². The van der Waals surface area contributed by atoms with E-state index >= 15 is 0 Å². The lowest BCUT2D eigenvalue weighted by Gasteiger charge is -2.33. The molecule has 0 amide bonds. The van der Waals surface area contributed by atoms with E-state index in [1.165, 1.54) is 13.0 Å². The van der Waals surface area contributed by atoms with Crippen molar-refractivity contribution in [1.29, 1.82) is 0 Å². The largest absolute Gasteiger partial charge is 0.465 e. The quantitative estimate of drug-likeness (QED) is 0.715. The van der Waals surface area contributed by atoms with Crippen LogP contribution in [-0.4, -0.2) is 49.2 Å². The highest BCUT2D eigenvalue weighted by Crippen LogP contribution is 2.11. The summed E-state index contributed by atoms with van der Waals surface area (Å²) in [6.07, 6.45) is 3.48. The lowest BCUT2D eigenvalue weighted by molar-refractivity contribution is -0.145. The van der Waals surface area contributed by atoms with E-state index in [1.54, 1.807) is 0 Å². The van der Waals surface area contributed by atoms with Crippen LogP contribution in [0.15, 0.2) is 0 Å². The summed E-state index contributed by atoms with van der Waals surface area (Å²) < 4.78 is 4.99. The molecule has 100 valence electrons. The van der Waals surface area contributed by atoms with Crippen molar-refractivity contribution in [2.45, 2.75) is 52.1 Å². The Hall–Kier alpha value is -0.610. The molecule has 1 unspecified atom stereocenters. The van der Waals surface area contributed by atoms with Crippen LogP contribution in [0.1, 0.15) is 40.0 Å². The van der Waals surface area contributed by atoms with Gasteiger partial charge in [-0.15, -0.1) is 0 Å². The first kappa shape index (κ1) is 14.5. The van der Waals surface area contributed by atoms with Crippen molar-refractivity contribution in [2.24, 2.45) is 0 Å². The van der Waals surface area contributed by atoms with E-state index in [0.717, 1.165) is 25.9 Å². The van der Waals surface area contributed by atoms with Gasteiger partial charge < -0.3 is 15.0 Å². The fourth-order valence-electron chi connectivity index (χ4n) is 2.33. The van der Waals surface area contributed by atoms with Crippen LogP contribution in [0.5, 0.6) is 0 Å². The van der Waals surface area contributed by atoms with Crippen LogP contribution in [0.3, 0.4) is 0 Å². The lowest BCUT2D eigenvalue weighted by atomic mass is 10.0. The Morgan fingerprint density at radius 1 is 1.41 bits per heavy atom. The average molecular weight is 242 g/mol. The molecule has 0 saturated carbocycles. The fraction of sp³-hybridized carbons (Fsp3) is 0.923. The topological polar surface area (TPSA) is 41.6 Å². The molecule has 0 radical (unpaired) electrons. The zero-order valence-electron chi connectivity index (χ0n) is 11.4. The zero-order chi connectivity index (χ0) is 12.7. The predicted octanol–water partition coefficient (Wildman–Crippen LogP) is 1.40. The second kappa shape index (κ2) is 7.67. The van der Waals surface area contributed by atoms with Crippen LogP contribution >= 0.6 is 0 Å². The average Bonchev–Trinajstić information content (AvgIpc) is 2.32. The van der Waals surface area contributed by atoms with Gasteiger partial charge in [-0.2, -0.15) is 0 Å². The summed E-state index contributed by atoms with van der Waals surface area (Å²) in [5.41, 5.74) is 0. The van der Waals surface area contributed by atoms with Crippen LogP contribution < -0.4 is 5.32 Å². The van der Waals surface area contributed by atoms with Crippen LogP contribution in [0.25, 0.3) is 0 Å². The third-order valence-electron chi connectivity index (χ3n) is 3.25. The predicted molar refractivity (Wildman–Crippen MR) is 69.0 cm³/mol. The summed E-state index contributed by atoms with van der Waals surface area (Å²) in [4.78, 5) is 14.0. The molecule has 1 saturated heterocycles. The Bertz CT molecular complexity index is 225. The molecule has 1 N–H and O–H groups in total. The molecule has 1 fully saturated rings. The summed E-state index contributed by atoms with van der Waals surface area (Å²) in [7, 11) is 0. The van der Waals surface area contributed by atoms with Gasteiger partial charge in [-0.1, -0.05) is 6.92 Å². The minimum Gasteiger partial charge on any atom is -0.465 e. The van der Waals surface area contributed by atoms with Crippen molar-refractivity contribution in [3.05, 3.63) is 0 Å². The molecular formula is C13H26N2O2. The van der Waals surface area contributed by atoms with Crippen LogP contribution in [0.2, 0.25) is 0 Å². The van der Waals surface area contributed by atoms with Crippen molar-refractivity contribution >= 4 is 5.97 Å². The fourth-order valence-corrected chi connectivity index (χ4v) is 2.33. The van der Waals surface area contributed by atoms with Crippen molar-refractivity contribution in [2.75, 3.05) is 26.2 Å². The highest BCUT2D eigenvalue weighted by Gasteiger charge is 2.22. The van der Waals surface area contributed by atoms with Crippen molar-refractivity contribution in [3.8, 4) is 0 Å². The number of carbonyl (C=O) groups is 1. The lowest BCUT2D eigenvalue weighted by Crippen LogP contribution is -2.48. The van der Waals surface area contributed by atoms with Gasteiger partial charge >= 0.3 is 5.97 Å². The van der Waals surface area contributed by atoms with E-state index in [2.05, 4.69) is 17.1 Å². The van der Waals surface area contributed by atoms with Crippen molar-refractivity contribution in [1.82, 2.24) is 10.2 Å². The molecule has 1 atom stereocenters. The van der Waals surface area contributed by atoms with Crippen molar-refractivity contribution < 1.29 is 9.53 Å². The van der Waals surface area contributed by atoms with Gasteiger partial charge in [0.15, 0.2) is 0 Å². The summed E-state index contributed by atoms with van der Waals surface area (Å²) in [5, 5.41) is 3.36.